The molecular formula is C9H17NO3S. The second-order valence-electron chi connectivity index (χ2n) is 4.02. The molecule has 4 nitrogen and oxygen atoms in total. The zero-order chi connectivity index (χ0) is 10.8. The van der Waals surface area contributed by atoms with Crippen LogP contribution in [0.1, 0.15) is 20.3 Å². The highest BCUT2D eigenvalue weighted by Crippen LogP contribution is 2.34. The van der Waals surface area contributed by atoms with Crippen molar-refractivity contribution in [2.45, 2.75) is 36.3 Å². The van der Waals surface area contributed by atoms with E-state index in [2.05, 4.69) is 0 Å². The molecule has 0 saturated carbocycles. The Hall–Kier alpha value is -0.260. The first-order valence-electron chi connectivity index (χ1n) is 4.67. The topological polar surface area (TPSA) is 72.5 Å². The molecule has 14 heavy (non-hydrogen) atoms. The molecule has 1 aliphatic heterocycles. The standard InChI is InChI=1S/C9H17NO3S/c1-9(2,7(10)8(11)12)14-6-3-4-13-5-6/h6-7H,3-5,10H2,1-2H3,(H,11,12)/t6?,7-/m1/s1. The van der Waals surface area contributed by atoms with E-state index in [0.29, 0.717) is 11.9 Å². The van der Waals surface area contributed by atoms with Crippen molar-refractivity contribution in [1.29, 1.82) is 0 Å². The van der Waals surface area contributed by atoms with Gasteiger partial charge in [0.25, 0.3) is 0 Å². The summed E-state index contributed by atoms with van der Waals surface area (Å²) >= 11 is 1.62. The lowest BCUT2D eigenvalue weighted by Crippen LogP contribution is -2.47. The molecule has 0 amide bonds. The number of carboxylic acids is 1. The Bertz CT molecular complexity index is 214. The van der Waals surface area contributed by atoms with Crippen LogP contribution in [0.4, 0.5) is 0 Å². The molecule has 0 spiro atoms. The van der Waals surface area contributed by atoms with Crippen LogP contribution >= 0.6 is 11.8 Å². The lowest BCUT2D eigenvalue weighted by molar-refractivity contribution is -0.139. The molecule has 0 aliphatic carbocycles. The van der Waals surface area contributed by atoms with Crippen molar-refractivity contribution in [3.8, 4) is 0 Å². The number of rotatable bonds is 4. The van der Waals surface area contributed by atoms with Gasteiger partial charge in [-0.1, -0.05) is 0 Å². The summed E-state index contributed by atoms with van der Waals surface area (Å²) in [6.45, 7) is 5.22. The number of nitrogens with two attached hydrogens (primary N) is 1. The summed E-state index contributed by atoms with van der Waals surface area (Å²) in [5.74, 6) is -0.943. The fraction of sp³-hybridized carbons (Fsp3) is 0.889. The Morgan fingerprint density at radius 2 is 2.36 bits per heavy atom. The van der Waals surface area contributed by atoms with E-state index in [1.165, 1.54) is 0 Å². The minimum Gasteiger partial charge on any atom is -0.480 e. The monoisotopic (exact) mass is 219 g/mol. The minimum absolute atomic E-state index is 0.385. The average Bonchev–Trinajstić information content (AvgIpc) is 2.54. The van der Waals surface area contributed by atoms with Crippen LogP contribution in [0.2, 0.25) is 0 Å². The van der Waals surface area contributed by atoms with Gasteiger partial charge in [-0.25, -0.2) is 0 Å². The van der Waals surface area contributed by atoms with Crippen LogP contribution in [0, 0.1) is 0 Å². The van der Waals surface area contributed by atoms with Crippen LogP contribution in [0.5, 0.6) is 0 Å². The van der Waals surface area contributed by atoms with E-state index in [4.69, 9.17) is 15.6 Å². The van der Waals surface area contributed by atoms with E-state index in [9.17, 15) is 4.79 Å². The van der Waals surface area contributed by atoms with Gasteiger partial charge in [0.2, 0.25) is 0 Å². The molecule has 1 saturated heterocycles. The maximum atomic E-state index is 10.8. The predicted molar refractivity (Wildman–Crippen MR) is 56.5 cm³/mol. The van der Waals surface area contributed by atoms with E-state index in [0.717, 1.165) is 13.0 Å². The smallest absolute Gasteiger partial charge is 0.321 e. The maximum absolute atomic E-state index is 10.8. The zero-order valence-corrected chi connectivity index (χ0v) is 9.34. The SMILES string of the molecule is CC(C)(SC1CCOC1)[C@H](N)C(=O)O. The first-order valence-corrected chi connectivity index (χ1v) is 5.55. The van der Waals surface area contributed by atoms with Crippen molar-refractivity contribution in [2.24, 2.45) is 5.73 Å². The van der Waals surface area contributed by atoms with E-state index in [1.807, 2.05) is 13.8 Å². The van der Waals surface area contributed by atoms with Gasteiger partial charge in [-0.05, 0) is 20.3 Å². The first-order chi connectivity index (χ1) is 6.43. The van der Waals surface area contributed by atoms with E-state index < -0.39 is 16.8 Å². The highest BCUT2D eigenvalue weighted by Gasteiger charge is 2.35. The molecule has 5 heteroatoms. The fourth-order valence-electron chi connectivity index (χ4n) is 1.41. The summed E-state index contributed by atoms with van der Waals surface area (Å²) in [4.78, 5) is 10.8. The van der Waals surface area contributed by atoms with Crippen LogP contribution in [0.25, 0.3) is 0 Å². The Morgan fingerprint density at radius 3 is 2.79 bits per heavy atom. The third-order valence-electron chi connectivity index (χ3n) is 2.37. The summed E-state index contributed by atoms with van der Waals surface area (Å²) in [5.41, 5.74) is 5.61. The summed E-state index contributed by atoms with van der Waals surface area (Å²) in [7, 11) is 0. The molecule has 2 atom stereocenters. The molecule has 0 aromatic carbocycles. The largest absolute Gasteiger partial charge is 0.480 e. The molecule has 3 N–H and O–H groups in total. The van der Waals surface area contributed by atoms with Crippen LogP contribution < -0.4 is 5.73 Å². The number of carbonyl (C=O) groups is 1. The molecule has 0 bridgehead atoms. The van der Waals surface area contributed by atoms with Gasteiger partial charge in [-0.2, -0.15) is 0 Å². The van der Waals surface area contributed by atoms with Crippen molar-refractivity contribution in [3.05, 3.63) is 0 Å². The van der Waals surface area contributed by atoms with Crippen molar-refractivity contribution in [2.75, 3.05) is 13.2 Å². The van der Waals surface area contributed by atoms with E-state index in [1.54, 1.807) is 11.8 Å². The number of thioether (sulfide) groups is 1. The van der Waals surface area contributed by atoms with Crippen molar-refractivity contribution >= 4 is 17.7 Å². The van der Waals surface area contributed by atoms with E-state index in [-0.39, 0.29) is 0 Å². The molecule has 0 radical (unpaired) electrons. The van der Waals surface area contributed by atoms with Crippen LogP contribution in [0.15, 0.2) is 0 Å². The lowest BCUT2D eigenvalue weighted by Gasteiger charge is -2.30. The molecule has 1 heterocycles. The molecule has 0 aromatic heterocycles. The molecule has 82 valence electrons. The quantitative estimate of drug-likeness (QED) is 0.728. The van der Waals surface area contributed by atoms with Gasteiger partial charge in [0.1, 0.15) is 6.04 Å². The van der Waals surface area contributed by atoms with Crippen LogP contribution in [-0.4, -0.2) is 40.3 Å². The van der Waals surface area contributed by atoms with Crippen molar-refractivity contribution in [1.82, 2.24) is 0 Å². The number of carboxylic acid groups (broad SMARTS) is 1. The minimum atomic E-state index is -0.943. The zero-order valence-electron chi connectivity index (χ0n) is 8.53. The lowest BCUT2D eigenvalue weighted by atomic mass is 10.1. The highest BCUT2D eigenvalue weighted by molar-refractivity contribution is 8.01. The summed E-state index contributed by atoms with van der Waals surface area (Å²) in [6.07, 6.45) is 0.987. The fourth-order valence-corrected chi connectivity index (χ4v) is 2.89. The third-order valence-corrected chi connectivity index (χ3v) is 3.94. The van der Waals surface area contributed by atoms with Gasteiger partial charge in [-0.15, -0.1) is 11.8 Å². The van der Waals surface area contributed by atoms with Gasteiger partial charge < -0.3 is 15.6 Å². The molecule has 1 rings (SSSR count). The number of ether oxygens (including phenoxy) is 1. The second-order valence-corrected chi connectivity index (χ2v) is 5.98. The van der Waals surface area contributed by atoms with Gasteiger partial charge in [0, 0.05) is 16.6 Å². The molecule has 1 unspecified atom stereocenters. The summed E-state index contributed by atoms with van der Waals surface area (Å²) in [5, 5.41) is 9.21. The third kappa shape index (κ3) is 2.87. The average molecular weight is 219 g/mol. The number of hydrogen-bond acceptors (Lipinski definition) is 4. The van der Waals surface area contributed by atoms with E-state index >= 15 is 0 Å². The van der Waals surface area contributed by atoms with Crippen LogP contribution in [0.3, 0.4) is 0 Å². The Labute approximate surface area is 88.2 Å². The summed E-state index contributed by atoms with van der Waals surface area (Å²) in [6, 6.07) is -0.826. The molecule has 1 aliphatic rings. The highest BCUT2D eigenvalue weighted by atomic mass is 32.2. The summed E-state index contributed by atoms with van der Waals surface area (Å²) < 4.78 is 4.79. The number of hydrogen-bond donors (Lipinski definition) is 2. The van der Waals surface area contributed by atoms with Crippen molar-refractivity contribution in [3.63, 3.8) is 0 Å². The van der Waals surface area contributed by atoms with Gasteiger partial charge >= 0.3 is 5.97 Å². The maximum Gasteiger partial charge on any atom is 0.321 e. The Balaban J connectivity index is 2.51. The Morgan fingerprint density at radius 1 is 1.71 bits per heavy atom. The first kappa shape index (κ1) is 11.8. The normalized spacial score (nSPS) is 24.9. The predicted octanol–water partition coefficient (Wildman–Crippen LogP) is 0.699. The van der Waals surface area contributed by atoms with Crippen LogP contribution in [-0.2, 0) is 9.53 Å². The van der Waals surface area contributed by atoms with Gasteiger partial charge in [-0.3, -0.25) is 4.79 Å². The number of aliphatic carboxylic acids is 1. The van der Waals surface area contributed by atoms with Crippen molar-refractivity contribution < 1.29 is 14.6 Å². The van der Waals surface area contributed by atoms with Gasteiger partial charge in [0.15, 0.2) is 0 Å². The second kappa shape index (κ2) is 4.51. The molecule has 0 aromatic rings. The van der Waals surface area contributed by atoms with Gasteiger partial charge in [0.05, 0.1) is 6.61 Å². The molecule has 1 fully saturated rings. The molecular weight excluding hydrogens is 202 g/mol. The Kier molecular flexibility index (Phi) is 3.80.